The number of benzene rings is 2. The largest absolute Gasteiger partial charge is 0.462 e. The highest BCUT2D eigenvalue weighted by molar-refractivity contribution is 9.10. The molecule has 1 heterocycles. The van der Waals surface area contributed by atoms with Gasteiger partial charge in [0.2, 0.25) is 0 Å². The lowest BCUT2D eigenvalue weighted by molar-refractivity contribution is 0.0527. The standard InChI is InChI=1S/C19H16BrClN2O2/c1-3-25-19(24)15-10-22-17-7-5-12(20)8-14(17)18(15)23-13-6-4-11(2)16(21)9-13/h4-10H,3H2,1-2H3,(H,22,23). The maximum absolute atomic E-state index is 12.4. The van der Waals surface area contributed by atoms with Gasteiger partial charge >= 0.3 is 5.97 Å². The van der Waals surface area contributed by atoms with Gasteiger partial charge in [0.1, 0.15) is 5.56 Å². The van der Waals surface area contributed by atoms with Crippen LogP contribution in [0.4, 0.5) is 11.4 Å². The summed E-state index contributed by atoms with van der Waals surface area (Å²) >= 11 is 9.70. The van der Waals surface area contributed by atoms with Gasteiger partial charge in [-0.05, 0) is 49.7 Å². The van der Waals surface area contributed by atoms with Crippen molar-refractivity contribution in [2.24, 2.45) is 0 Å². The van der Waals surface area contributed by atoms with Crippen molar-refractivity contribution in [2.75, 3.05) is 11.9 Å². The van der Waals surface area contributed by atoms with Crippen LogP contribution in [0.2, 0.25) is 5.02 Å². The lowest BCUT2D eigenvalue weighted by atomic mass is 10.1. The molecular formula is C19H16BrClN2O2. The summed E-state index contributed by atoms with van der Waals surface area (Å²) in [5, 5.41) is 4.78. The van der Waals surface area contributed by atoms with Gasteiger partial charge in [-0.15, -0.1) is 0 Å². The summed E-state index contributed by atoms with van der Waals surface area (Å²) in [6.07, 6.45) is 1.53. The number of anilines is 2. The second-order valence-electron chi connectivity index (χ2n) is 5.52. The minimum absolute atomic E-state index is 0.297. The molecule has 0 aliphatic rings. The van der Waals surface area contributed by atoms with Crippen LogP contribution < -0.4 is 5.32 Å². The Morgan fingerprint density at radius 2 is 2.08 bits per heavy atom. The quantitative estimate of drug-likeness (QED) is 0.537. The predicted molar refractivity (Wildman–Crippen MR) is 105 cm³/mol. The number of aryl methyl sites for hydroxylation is 1. The molecule has 0 fully saturated rings. The molecule has 0 spiro atoms. The van der Waals surface area contributed by atoms with Crippen molar-refractivity contribution in [3.05, 3.63) is 63.2 Å². The zero-order chi connectivity index (χ0) is 18.0. The number of nitrogens with zero attached hydrogens (tertiary/aromatic N) is 1. The number of halogens is 2. The monoisotopic (exact) mass is 418 g/mol. The van der Waals surface area contributed by atoms with E-state index in [0.29, 0.717) is 22.9 Å². The number of carbonyl (C=O) groups excluding carboxylic acids is 1. The second-order valence-corrected chi connectivity index (χ2v) is 6.84. The van der Waals surface area contributed by atoms with Crippen molar-refractivity contribution in [1.82, 2.24) is 4.98 Å². The van der Waals surface area contributed by atoms with Crippen molar-refractivity contribution in [2.45, 2.75) is 13.8 Å². The Morgan fingerprint density at radius 3 is 2.80 bits per heavy atom. The van der Waals surface area contributed by atoms with Gasteiger partial charge in [0.25, 0.3) is 0 Å². The van der Waals surface area contributed by atoms with Crippen molar-refractivity contribution >= 4 is 55.8 Å². The van der Waals surface area contributed by atoms with E-state index in [0.717, 1.165) is 26.6 Å². The van der Waals surface area contributed by atoms with E-state index in [1.165, 1.54) is 6.20 Å². The summed E-state index contributed by atoms with van der Waals surface area (Å²) in [7, 11) is 0. The molecule has 1 aromatic heterocycles. The molecule has 3 rings (SSSR count). The first-order chi connectivity index (χ1) is 12.0. The van der Waals surface area contributed by atoms with Crippen LogP contribution in [0.1, 0.15) is 22.8 Å². The van der Waals surface area contributed by atoms with Crippen LogP contribution in [0.25, 0.3) is 10.9 Å². The first kappa shape index (κ1) is 17.7. The third-order valence-electron chi connectivity index (χ3n) is 3.77. The van der Waals surface area contributed by atoms with Crippen LogP contribution in [0.3, 0.4) is 0 Å². The molecule has 0 atom stereocenters. The topological polar surface area (TPSA) is 51.2 Å². The molecule has 128 valence electrons. The maximum atomic E-state index is 12.4. The summed E-state index contributed by atoms with van der Waals surface area (Å²) in [4.78, 5) is 16.7. The van der Waals surface area contributed by atoms with Gasteiger partial charge in [0, 0.05) is 26.8 Å². The molecule has 4 nitrogen and oxygen atoms in total. The highest BCUT2D eigenvalue weighted by Gasteiger charge is 2.17. The van der Waals surface area contributed by atoms with Crippen LogP contribution in [-0.4, -0.2) is 17.6 Å². The molecule has 3 aromatic rings. The Hall–Kier alpha value is -2.11. The molecule has 6 heteroatoms. The van der Waals surface area contributed by atoms with E-state index in [4.69, 9.17) is 16.3 Å². The molecule has 0 aliphatic heterocycles. The van der Waals surface area contributed by atoms with Gasteiger partial charge in [-0.25, -0.2) is 4.79 Å². The number of carbonyl (C=O) groups is 1. The summed E-state index contributed by atoms with van der Waals surface area (Å²) < 4.78 is 6.07. The normalized spacial score (nSPS) is 10.7. The van der Waals surface area contributed by atoms with E-state index in [1.807, 2.05) is 43.3 Å². The molecule has 0 aliphatic carbocycles. The summed E-state index contributed by atoms with van der Waals surface area (Å²) in [5.41, 5.74) is 3.57. The number of fused-ring (bicyclic) bond motifs is 1. The minimum atomic E-state index is -0.419. The van der Waals surface area contributed by atoms with E-state index < -0.39 is 5.97 Å². The third-order valence-corrected chi connectivity index (χ3v) is 4.67. The molecule has 25 heavy (non-hydrogen) atoms. The number of pyridine rings is 1. The summed E-state index contributed by atoms with van der Waals surface area (Å²) in [5.74, 6) is -0.419. The average molecular weight is 420 g/mol. The summed E-state index contributed by atoms with van der Waals surface area (Å²) in [6, 6.07) is 11.4. The Balaban J connectivity index is 2.17. The average Bonchev–Trinajstić information content (AvgIpc) is 2.58. The van der Waals surface area contributed by atoms with Crippen molar-refractivity contribution in [3.63, 3.8) is 0 Å². The van der Waals surface area contributed by atoms with E-state index in [-0.39, 0.29) is 0 Å². The molecule has 0 amide bonds. The molecule has 2 aromatic carbocycles. The maximum Gasteiger partial charge on any atom is 0.341 e. The van der Waals surface area contributed by atoms with Crippen LogP contribution in [-0.2, 0) is 4.74 Å². The number of nitrogens with one attached hydrogen (secondary N) is 1. The Morgan fingerprint density at radius 1 is 1.28 bits per heavy atom. The SMILES string of the molecule is CCOC(=O)c1cnc2ccc(Br)cc2c1Nc1ccc(C)c(Cl)c1. The zero-order valence-corrected chi connectivity index (χ0v) is 16.1. The van der Waals surface area contributed by atoms with Gasteiger partial charge in [-0.2, -0.15) is 0 Å². The number of rotatable bonds is 4. The van der Waals surface area contributed by atoms with Crippen LogP contribution in [0, 0.1) is 6.92 Å². The molecular weight excluding hydrogens is 404 g/mol. The van der Waals surface area contributed by atoms with Gasteiger partial charge in [-0.1, -0.05) is 33.6 Å². The lowest BCUT2D eigenvalue weighted by Crippen LogP contribution is -2.09. The van der Waals surface area contributed by atoms with Gasteiger partial charge in [0.15, 0.2) is 0 Å². The van der Waals surface area contributed by atoms with E-state index >= 15 is 0 Å². The van der Waals surface area contributed by atoms with Crippen molar-refractivity contribution in [1.29, 1.82) is 0 Å². The lowest BCUT2D eigenvalue weighted by Gasteiger charge is -2.15. The van der Waals surface area contributed by atoms with Crippen molar-refractivity contribution in [3.8, 4) is 0 Å². The molecule has 0 saturated carbocycles. The predicted octanol–water partition coefficient (Wildman–Crippen LogP) is 5.88. The molecule has 0 bridgehead atoms. The fourth-order valence-corrected chi connectivity index (χ4v) is 3.02. The second kappa shape index (κ2) is 7.42. The number of esters is 1. The first-order valence-corrected chi connectivity index (χ1v) is 8.95. The van der Waals surface area contributed by atoms with Crippen LogP contribution in [0.5, 0.6) is 0 Å². The van der Waals surface area contributed by atoms with Crippen LogP contribution in [0.15, 0.2) is 47.1 Å². The molecule has 0 unspecified atom stereocenters. The third kappa shape index (κ3) is 3.78. The highest BCUT2D eigenvalue weighted by Crippen LogP contribution is 2.32. The number of hydrogen-bond donors (Lipinski definition) is 1. The smallest absolute Gasteiger partial charge is 0.341 e. The zero-order valence-electron chi connectivity index (χ0n) is 13.8. The number of aromatic nitrogens is 1. The minimum Gasteiger partial charge on any atom is -0.462 e. The number of ether oxygens (including phenoxy) is 1. The fourth-order valence-electron chi connectivity index (χ4n) is 2.48. The van der Waals surface area contributed by atoms with Crippen molar-refractivity contribution < 1.29 is 9.53 Å². The molecule has 0 saturated heterocycles. The molecule has 1 N–H and O–H groups in total. The Labute approximate surface area is 159 Å². The van der Waals surface area contributed by atoms with E-state index in [1.54, 1.807) is 6.92 Å². The fraction of sp³-hybridized carbons (Fsp3) is 0.158. The highest BCUT2D eigenvalue weighted by atomic mass is 79.9. The Bertz CT molecular complexity index is 960. The van der Waals surface area contributed by atoms with Gasteiger partial charge in [0.05, 0.1) is 17.8 Å². The van der Waals surface area contributed by atoms with Gasteiger partial charge < -0.3 is 10.1 Å². The summed E-state index contributed by atoms with van der Waals surface area (Å²) in [6.45, 7) is 4.01. The Kier molecular flexibility index (Phi) is 5.25. The van der Waals surface area contributed by atoms with E-state index in [9.17, 15) is 4.79 Å². The molecule has 0 radical (unpaired) electrons. The number of hydrogen-bond acceptors (Lipinski definition) is 4. The van der Waals surface area contributed by atoms with E-state index in [2.05, 4.69) is 26.2 Å². The van der Waals surface area contributed by atoms with Crippen LogP contribution >= 0.6 is 27.5 Å². The van der Waals surface area contributed by atoms with Gasteiger partial charge in [-0.3, -0.25) is 4.98 Å². The first-order valence-electron chi connectivity index (χ1n) is 7.78.